The van der Waals surface area contributed by atoms with E-state index < -0.39 is 0 Å². The summed E-state index contributed by atoms with van der Waals surface area (Å²) in [5.74, 6) is 2.03. The lowest BCUT2D eigenvalue weighted by Gasteiger charge is -2.27. The Balaban J connectivity index is 1.92. The average Bonchev–Trinajstić information content (AvgIpc) is 2.75. The van der Waals surface area contributed by atoms with Gasteiger partial charge in [0.15, 0.2) is 0 Å². The summed E-state index contributed by atoms with van der Waals surface area (Å²) in [6.45, 7) is 4.63. The van der Waals surface area contributed by atoms with E-state index in [-0.39, 0.29) is 0 Å². The summed E-state index contributed by atoms with van der Waals surface area (Å²) >= 11 is 0. The normalized spacial score (nSPS) is 35.2. The molecule has 0 bridgehead atoms. The number of hydrogen-bond acceptors (Lipinski definition) is 1. The molecule has 0 saturated heterocycles. The molecule has 17 heavy (non-hydrogen) atoms. The Hall–Kier alpha value is -1.31. The first-order chi connectivity index (χ1) is 8.16. The van der Waals surface area contributed by atoms with E-state index in [9.17, 15) is 0 Å². The monoisotopic (exact) mass is 226 g/mol. The fourth-order valence-electron chi connectivity index (χ4n) is 3.97. The van der Waals surface area contributed by atoms with Crippen LogP contribution >= 0.6 is 0 Å². The van der Waals surface area contributed by atoms with Crippen LogP contribution in [-0.4, -0.2) is 10.2 Å². The van der Waals surface area contributed by atoms with Crippen LogP contribution in [0.1, 0.15) is 37.3 Å². The van der Waals surface area contributed by atoms with Crippen molar-refractivity contribution in [1.82, 2.24) is 10.2 Å². The first-order valence-electron chi connectivity index (χ1n) is 6.60. The Morgan fingerprint density at radius 1 is 1.29 bits per heavy atom. The third-order valence-electron chi connectivity index (χ3n) is 4.85. The molecule has 2 aromatic rings. The quantitative estimate of drug-likeness (QED) is 0.791. The molecule has 2 nitrogen and oxygen atoms in total. The van der Waals surface area contributed by atoms with Crippen molar-refractivity contribution in [3.63, 3.8) is 0 Å². The number of aromatic nitrogens is 2. The lowest BCUT2D eigenvalue weighted by molar-refractivity contribution is 0.439. The summed E-state index contributed by atoms with van der Waals surface area (Å²) in [5, 5.41) is 8.66. The molecule has 0 spiro atoms. The molecule has 0 radical (unpaired) electrons. The second-order valence-electron chi connectivity index (χ2n) is 6.37. The molecule has 2 atom stereocenters. The first kappa shape index (κ1) is 9.69. The smallest absolute Gasteiger partial charge is 0.0655 e. The van der Waals surface area contributed by atoms with Gasteiger partial charge in [-0.1, -0.05) is 13.0 Å². The molecule has 2 saturated carbocycles. The largest absolute Gasteiger partial charge is 0.278 e. The summed E-state index contributed by atoms with van der Waals surface area (Å²) in [6, 6.07) is 4.58. The number of fused-ring (bicyclic) bond motifs is 2. The third kappa shape index (κ3) is 1.30. The van der Waals surface area contributed by atoms with Crippen molar-refractivity contribution >= 4 is 10.9 Å². The molecule has 2 fully saturated rings. The molecule has 1 aromatic heterocycles. The molecule has 1 N–H and O–H groups in total. The van der Waals surface area contributed by atoms with Gasteiger partial charge in [-0.25, -0.2) is 0 Å². The molecule has 4 rings (SSSR count). The predicted octanol–water partition coefficient (Wildman–Crippen LogP) is 3.56. The number of nitrogens with zero attached hydrogens (tertiary/aromatic N) is 1. The van der Waals surface area contributed by atoms with E-state index in [2.05, 4.69) is 36.2 Å². The highest BCUT2D eigenvalue weighted by molar-refractivity contribution is 5.83. The van der Waals surface area contributed by atoms with E-state index in [1.165, 1.54) is 41.3 Å². The van der Waals surface area contributed by atoms with Crippen LogP contribution in [0.2, 0.25) is 0 Å². The molecule has 1 heterocycles. The van der Waals surface area contributed by atoms with E-state index in [4.69, 9.17) is 0 Å². The fraction of sp³-hybridized carbons (Fsp3) is 0.533. The van der Waals surface area contributed by atoms with E-state index in [1.807, 2.05) is 6.20 Å². The number of rotatable bonds is 1. The van der Waals surface area contributed by atoms with Crippen LogP contribution in [0.15, 0.2) is 18.3 Å². The number of H-pyrrole nitrogens is 1. The zero-order chi connectivity index (χ0) is 11.6. The second-order valence-corrected chi connectivity index (χ2v) is 6.37. The summed E-state index contributed by atoms with van der Waals surface area (Å²) < 4.78 is 0. The lowest BCUT2D eigenvalue weighted by atomic mass is 9.76. The van der Waals surface area contributed by atoms with Gasteiger partial charge in [0.25, 0.3) is 0 Å². The van der Waals surface area contributed by atoms with Crippen LogP contribution in [0.3, 0.4) is 0 Å². The maximum atomic E-state index is 4.21. The molecular weight excluding hydrogens is 208 g/mol. The molecule has 2 aliphatic rings. The Morgan fingerprint density at radius 3 is 2.82 bits per heavy atom. The lowest BCUT2D eigenvalue weighted by Crippen LogP contribution is -2.19. The minimum absolute atomic E-state index is 0.391. The summed E-state index contributed by atoms with van der Waals surface area (Å²) in [7, 11) is 0. The van der Waals surface area contributed by atoms with Gasteiger partial charge in [-0.2, -0.15) is 5.10 Å². The maximum absolute atomic E-state index is 4.21. The Morgan fingerprint density at radius 2 is 2.06 bits per heavy atom. The van der Waals surface area contributed by atoms with Crippen molar-refractivity contribution in [2.45, 2.75) is 38.5 Å². The van der Waals surface area contributed by atoms with Gasteiger partial charge in [-0.3, -0.25) is 5.10 Å². The highest BCUT2D eigenvalue weighted by atomic mass is 15.1. The minimum atomic E-state index is 0.391. The Bertz CT molecular complexity index is 586. The molecule has 2 heteroatoms. The average molecular weight is 226 g/mol. The fourth-order valence-corrected chi connectivity index (χ4v) is 3.97. The summed E-state index contributed by atoms with van der Waals surface area (Å²) in [6.07, 6.45) is 6.23. The van der Waals surface area contributed by atoms with Crippen LogP contribution in [-0.2, 0) is 5.41 Å². The zero-order valence-corrected chi connectivity index (χ0v) is 10.5. The van der Waals surface area contributed by atoms with Crippen LogP contribution in [0.4, 0.5) is 0 Å². The topological polar surface area (TPSA) is 28.7 Å². The van der Waals surface area contributed by atoms with Crippen LogP contribution in [0.25, 0.3) is 10.9 Å². The van der Waals surface area contributed by atoms with Gasteiger partial charge in [0.2, 0.25) is 0 Å². The van der Waals surface area contributed by atoms with Gasteiger partial charge in [0, 0.05) is 5.39 Å². The molecule has 88 valence electrons. The van der Waals surface area contributed by atoms with E-state index >= 15 is 0 Å². The minimum Gasteiger partial charge on any atom is -0.278 e. The van der Waals surface area contributed by atoms with Crippen molar-refractivity contribution in [3.05, 3.63) is 29.5 Å². The molecule has 2 unspecified atom stereocenters. The van der Waals surface area contributed by atoms with Gasteiger partial charge in [-0.15, -0.1) is 0 Å². The zero-order valence-electron chi connectivity index (χ0n) is 10.5. The van der Waals surface area contributed by atoms with Crippen LogP contribution in [0.5, 0.6) is 0 Å². The van der Waals surface area contributed by atoms with Crippen molar-refractivity contribution in [3.8, 4) is 0 Å². The molecule has 0 aliphatic heterocycles. The number of hydrogen-bond donors (Lipinski definition) is 1. The van der Waals surface area contributed by atoms with Crippen molar-refractivity contribution in [2.75, 3.05) is 0 Å². The second kappa shape index (κ2) is 2.92. The third-order valence-corrected chi connectivity index (χ3v) is 4.85. The standard InChI is InChI=1S/C15H18N2/c1-9-3-13(12-8-16-17-14(12)4-9)15(2)6-10-5-11(10)7-15/h3-4,8,10-11H,5-7H2,1-2H3,(H,16,17). The van der Waals surface area contributed by atoms with Gasteiger partial charge in [0.05, 0.1) is 11.7 Å². The van der Waals surface area contributed by atoms with Crippen molar-refractivity contribution in [2.24, 2.45) is 11.8 Å². The predicted molar refractivity (Wildman–Crippen MR) is 69.0 cm³/mol. The van der Waals surface area contributed by atoms with Gasteiger partial charge in [0.1, 0.15) is 0 Å². The van der Waals surface area contributed by atoms with Crippen molar-refractivity contribution in [1.29, 1.82) is 0 Å². The van der Waals surface area contributed by atoms with Crippen LogP contribution < -0.4 is 0 Å². The SMILES string of the molecule is Cc1cc(C2(C)CC3CC3C2)c2cn[nH]c2c1. The van der Waals surface area contributed by atoms with Gasteiger partial charge in [-0.05, 0) is 60.6 Å². The van der Waals surface area contributed by atoms with Crippen molar-refractivity contribution < 1.29 is 0 Å². The highest BCUT2D eigenvalue weighted by Crippen LogP contribution is 2.61. The van der Waals surface area contributed by atoms with Crippen LogP contribution in [0, 0.1) is 18.8 Å². The number of aryl methyl sites for hydroxylation is 1. The van der Waals surface area contributed by atoms with E-state index in [0.29, 0.717) is 5.41 Å². The first-order valence-corrected chi connectivity index (χ1v) is 6.60. The Labute approximate surface area is 101 Å². The molecule has 2 aliphatic carbocycles. The molecular formula is C15H18N2. The highest BCUT2D eigenvalue weighted by Gasteiger charge is 2.52. The molecule has 1 aromatic carbocycles. The summed E-state index contributed by atoms with van der Waals surface area (Å²) in [4.78, 5) is 0. The number of benzene rings is 1. The van der Waals surface area contributed by atoms with Gasteiger partial charge < -0.3 is 0 Å². The van der Waals surface area contributed by atoms with E-state index in [0.717, 1.165) is 11.8 Å². The van der Waals surface area contributed by atoms with Gasteiger partial charge >= 0.3 is 0 Å². The number of nitrogens with one attached hydrogen (secondary N) is 1. The number of aromatic amines is 1. The Kier molecular flexibility index (Phi) is 1.67. The maximum Gasteiger partial charge on any atom is 0.0655 e. The summed E-state index contributed by atoms with van der Waals surface area (Å²) in [5.41, 5.74) is 4.45. The van der Waals surface area contributed by atoms with E-state index in [1.54, 1.807) is 0 Å². The molecule has 0 amide bonds.